The Kier molecular flexibility index (Phi) is 11.3. The quantitative estimate of drug-likeness (QED) is 0.238. The Balaban J connectivity index is 1.73. The number of halogens is 4. The van der Waals surface area contributed by atoms with E-state index in [0.29, 0.717) is 15.6 Å². The lowest BCUT2D eigenvalue weighted by Gasteiger charge is -2.33. The van der Waals surface area contributed by atoms with Crippen molar-refractivity contribution in [3.63, 3.8) is 0 Å². The Hall–Kier alpha value is -2.49. The molecule has 43 heavy (non-hydrogen) atoms. The summed E-state index contributed by atoms with van der Waals surface area (Å²) in [6, 6.07) is 14.6. The highest BCUT2D eigenvalue weighted by molar-refractivity contribution is 7.92. The van der Waals surface area contributed by atoms with E-state index in [4.69, 9.17) is 46.4 Å². The van der Waals surface area contributed by atoms with E-state index in [0.717, 1.165) is 42.0 Å². The fourth-order valence-electron chi connectivity index (χ4n) is 5.01. The zero-order chi connectivity index (χ0) is 31.3. The van der Waals surface area contributed by atoms with Crippen LogP contribution in [0.15, 0.2) is 65.6 Å². The molecule has 1 aliphatic rings. The van der Waals surface area contributed by atoms with E-state index in [2.05, 4.69) is 5.32 Å². The standard InChI is InChI=1S/C31H33Cl4N3O4S/c1-20-11-14-24(15-12-20)43(41,42)38(23-13-16-28(34)29(35)17-23)19-30(39)37(18-25-26(32)9-6-10-27(25)33)21(2)31(40)36-22-7-4-3-5-8-22/h6,9-17,21-22H,3-5,7-8,18-19H2,1-2H3,(H,36,40). The van der Waals surface area contributed by atoms with Crippen molar-refractivity contribution in [3.05, 3.63) is 91.9 Å². The molecule has 1 unspecified atom stereocenters. The number of benzene rings is 3. The van der Waals surface area contributed by atoms with E-state index in [9.17, 15) is 18.0 Å². The van der Waals surface area contributed by atoms with Gasteiger partial charge in [0.25, 0.3) is 10.0 Å². The molecular weight excluding hydrogens is 652 g/mol. The SMILES string of the molecule is Cc1ccc(S(=O)(=O)N(CC(=O)N(Cc2c(Cl)cccc2Cl)C(C)C(=O)NC2CCCCC2)c2ccc(Cl)c(Cl)c2)cc1. The Morgan fingerprint density at radius 3 is 2.12 bits per heavy atom. The first-order valence-electron chi connectivity index (χ1n) is 14.0. The average Bonchev–Trinajstić information content (AvgIpc) is 2.97. The number of amides is 2. The highest BCUT2D eigenvalue weighted by Gasteiger charge is 2.34. The molecule has 1 aliphatic carbocycles. The van der Waals surface area contributed by atoms with Gasteiger partial charge < -0.3 is 10.2 Å². The molecule has 0 spiro atoms. The Morgan fingerprint density at radius 1 is 0.884 bits per heavy atom. The van der Waals surface area contributed by atoms with Crippen LogP contribution in [0.3, 0.4) is 0 Å². The predicted molar refractivity (Wildman–Crippen MR) is 174 cm³/mol. The van der Waals surface area contributed by atoms with Crippen LogP contribution in [-0.4, -0.2) is 43.8 Å². The number of nitrogens with zero attached hydrogens (tertiary/aromatic N) is 2. The molecule has 1 fully saturated rings. The molecule has 1 saturated carbocycles. The second-order valence-electron chi connectivity index (χ2n) is 10.7. The van der Waals surface area contributed by atoms with Gasteiger partial charge in [-0.25, -0.2) is 8.42 Å². The lowest BCUT2D eigenvalue weighted by Crippen LogP contribution is -2.53. The summed E-state index contributed by atoms with van der Waals surface area (Å²) in [5.74, 6) is -0.977. The second-order valence-corrected chi connectivity index (χ2v) is 14.2. The molecule has 3 aromatic carbocycles. The molecule has 0 heterocycles. The minimum Gasteiger partial charge on any atom is -0.352 e. The van der Waals surface area contributed by atoms with Crippen LogP contribution in [0.25, 0.3) is 0 Å². The van der Waals surface area contributed by atoms with Crippen molar-refractivity contribution < 1.29 is 18.0 Å². The van der Waals surface area contributed by atoms with E-state index >= 15 is 0 Å². The molecule has 230 valence electrons. The molecule has 1 N–H and O–H groups in total. The molecule has 0 radical (unpaired) electrons. The van der Waals surface area contributed by atoms with Gasteiger partial charge in [-0.2, -0.15) is 0 Å². The third-order valence-electron chi connectivity index (χ3n) is 7.59. The van der Waals surface area contributed by atoms with Crippen molar-refractivity contribution in [1.82, 2.24) is 10.2 Å². The van der Waals surface area contributed by atoms with Crippen LogP contribution < -0.4 is 9.62 Å². The molecule has 0 aliphatic heterocycles. The first-order valence-corrected chi connectivity index (χ1v) is 16.9. The van der Waals surface area contributed by atoms with E-state index in [1.807, 2.05) is 6.92 Å². The zero-order valence-corrected chi connectivity index (χ0v) is 27.7. The van der Waals surface area contributed by atoms with E-state index in [-0.39, 0.29) is 39.1 Å². The monoisotopic (exact) mass is 683 g/mol. The fraction of sp³-hybridized carbons (Fsp3) is 0.355. The number of carbonyl (C=O) groups is 2. The second kappa shape index (κ2) is 14.5. The Labute approximate surface area is 273 Å². The number of rotatable bonds is 10. The van der Waals surface area contributed by atoms with Gasteiger partial charge in [0.05, 0.1) is 20.6 Å². The van der Waals surface area contributed by atoms with Crippen molar-refractivity contribution in [2.45, 2.75) is 69.5 Å². The maximum atomic E-state index is 14.2. The molecule has 7 nitrogen and oxygen atoms in total. The molecular formula is C31H33Cl4N3O4S. The summed E-state index contributed by atoms with van der Waals surface area (Å²) in [5, 5.41) is 4.05. The van der Waals surface area contributed by atoms with Gasteiger partial charge in [-0.05, 0) is 69.2 Å². The maximum Gasteiger partial charge on any atom is 0.264 e. The molecule has 0 saturated heterocycles. The van der Waals surface area contributed by atoms with Gasteiger partial charge in [-0.1, -0.05) is 89.4 Å². The summed E-state index contributed by atoms with van der Waals surface area (Å²) < 4.78 is 28.9. The predicted octanol–water partition coefficient (Wildman–Crippen LogP) is 7.67. The van der Waals surface area contributed by atoms with Crippen LogP contribution >= 0.6 is 46.4 Å². The maximum absolute atomic E-state index is 14.2. The van der Waals surface area contributed by atoms with Gasteiger partial charge in [0, 0.05) is 28.2 Å². The Morgan fingerprint density at radius 2 is 1.51 bits per heavy atom. The van der Waals surface area contributed by atoms with E-state index in [1.165, 1.54) is 35.2 Å². The van der Waals surface area contributed by atoms with Crippen molar-refractivity contribution >= 4 is 73.9 Å². The number of hydrogen-bond donors (Lipinski definition) is 1. The van der Waals surface area contributed by atoms with Gasteiger partial charge in [-0.3, -0.25) is 13.9 Å². The summed E-state index contributed by atoms with van der Waals surface area (Å²) in [6.45, 7) is 2.71. The third-order valence-corrected chi connectivity index (χ3v) is 10.8. The molecule has 0 bridgehead atoms. The topological polar surface area (TPSA) is 86.8 Å². The summed E-state index contributed by atoms with van der Waals surface area (Å²) >= 11 is 25.3. The summed E-state index contributed by atoms with van der Waals surface area (Å²) in [5.41, 5.74) is 1.45. The van der Waals surface area contributed by atoms with Crippen molar-refractivity contribution in [2.24, 2.45) is 0 Å². The van der Waals surface area contributed by atoms with Crippen LogP contribution in [0.4, 0.5) is 5.69 Å². The third kappa shape index (κ3) is 8.17. The summed E-state index contributed by atoms with van der Waals surface area (Å²) in [7, 11) is -4.26. The first kappa shape index (κ1) is 33.4. The lowest BCUT2D eigenvalue weighted by molar-refractivity contribution is -0.139. The van der Waals surface area contributed by atoms with Crippen molar-refractivity contribution in [1.29, 1.82) is 0 Å². The zero-order valence-electron chi connectivity index (χ0n) is 23.8. The molecule has 2 amide bonds. The van der Waals surface area contributed by atoms with Crippen LogP contribution in [0, 0.1) is 6.92 Å². The number of nitrogens with one attached hydrogen (secondary N) is 1. The van der Waals surface area contributed by atoms with E-state index in [1.54, 1.807) is 37.3 Å². The van der Waals surface area contributed by atoms with Crippen molar-refractivity contribution in [3.8, 4) is 0 Å². The largest absolute Gasteiger partial charge is 0.352 e. The smallest absolute Gasteiger partial charge is 0.264 e. The highest BCUT2D eigenvalue weighted by Crippen LogP contribution is 2.32. The Bertz CT molecular complexity index is 1560. The van der Waals surface area contributed by atoms with Gasteiger partial charge in [-0.15, -0.1) is 0 Å². The van der Waals surface area contributed by atoms with E-state index < -0.39 is 28.5 Å². The van der Waals surface area contributed by atoms with Gasteiger partial charge in [0.15, 0.2) is 0 Å². The molecule has 3 aromatic rings. The number of aryl methyl sites for hydroxylation is 1. The molecule has 4 rings (SSSR count). The molecule has 1 atom stereocenters. The van der Waals surface area contributed by atoms with Crippen molar-refractivity contribution in [2.75, 3.05) is 10.8 Å². The average molecular weight is 686 g/mol. The normalized spacial score (nSPS) is 14.7. The number of sulfonamides is 1. The fourth-order valence-corrected chi connectivity index (χ4v) is 7.23. The van der Waals surface area contributed by atoms with Crippen LogP contribution in [0.1, 0.15) is 50.2 Å². The first-order chi connectivity index (χ1) is 20.4. The number of carbonyl (C=O) groups excluding carboxylic acids is 2. The lowest BCUT2D eigenvalue weighted by atomic mass is 9.95. The summed E-state index contributed by atoms with van der Waals surface area (Å²) in [4.78, 5) is 28.9. The van der Waals surface area contributed by atoms with Crippen LogP contribution in [-0.2, 0) is 26.2 Å². The highest BCUT2D eigenvalue weighted by atomic mass is 35.5. The minimum atomic E-state index is -4.26. The number of anilines is 1. The summed E-state index contributed by atoms with van der Waals surface area (Å²) in [6.07, 6.45) is 4.89. The van der Waals surface area contributed by atoms with Gasteiger partial charge in [0.2, 0.25) is 11.8 Å². The van der Waals surface area contributed by atoms with Crippen LogP contribution in [0.2, 0.25) is 20.1 Å². The molecule has 0 aromatic heterocycles. The van der Waals surface area contributed by atoms with Crippen LogP contribution in [0.5, 0.6) is 0 Å². The van der Waals surface area contributed by atoms with Gasteiger partial charge in [0.1, 0.15) is 12.6 Å². The molecule has 12 heteroatoms. The number of hydrogen-bond acceptors (Lipinski definition) is 4. The minimum absolute atomic E-state index is 0.0131. The van der Waals surface area contributed by atoms with Gasteiger partial charge >= 0.3 is 0 Å².